The van der Waals surface area contributed by atoms with E-state index in [1.807, 2.05) is 91.9 Å². The standard InChI is InChI=1S/C51H56ClFN6O7/c1-33(55-49(62)64-31-34-14-7-5-8-15-34)13-11-18-36-27-41(45(53)42(52)28-36)43-29-38-30-58(47(60)57-46(38)56-43)39-23-21-37(22-24-39)44-20-12-19-40(25-26-54-48(61)66-51(2,3)4)59(44)50(63)65-32-35-16-9-6-10-17-35/h5-10,14-17,21-24,27-30,33,40,44H,11-13,18-20,25-26,31-32H2,1-4H3,(H,54,61)(H,55,62)(H,56,57,60)/t33?,40-,44-/m0/s1. The molecular weight excluding hydrogens is 863 g/mol. The number of benzene rings is 4. The molecule has 1 aliphatic rings. The van der Waals surface area contributed by atoms with Crippen molar-refractivity contribution >= 4 is 40.9 Å². The van der Waals surface area contributed by atoms with Gasteiger partial charge in [-0.25, -0.2) is 23.6 Å². The van der Waals surface area contributed by atoms with Crippen LogP contribution in [0.1, 0.15) is 94.5 Å². The number of H-pyrrole nitrogens is 1. The third-order valence-corrected chi connectivity index (χ3v) is 11.7. The summed E-state index contributed by atoms with van der Waals surface area (Å²) in [7, 11) is 0. The Morgan fingerprint density at radius 3 is 2.26 bits per heavy atom. The molecule has 1 fully saturated rings. The minimum atomic E-state index is -0.637. The van der Waals surface area contributed by atoms with Crippen LogP contribution in [0.5, 0.6) is 0 Å². The predicted octanol–water partition coefficient (Wildman–Crippen LogP) is 11.0. The van der Waals surface area contributed by atoms with Gasteiger partial charge < -0.3 is 29.8 Å². The molecule has 4 aromatic carbocycles. The van der Waals surface area contributed by atoms with Crippen molar-refractivity contribution in [3.05, 3.63) is 153 Å². The van der Waals surface area contributed by atoms with Gasteiger partial charge in [0.2, 0.25) is 0 Å². The molecule has 0 aliphatic carbocycles. The fraction of sp³-hybridized carbons (Fsp3) is 0.353. The Balaban J connectivity index is 1.03. The molecule has 1 aliphatic heterocycles. The SMILES string of the molecule is CC(CCCc1cc(Cl)c(F)c(-c2cc3cn(-c4ccc([C@@H]5CCC[C@@H](CCNC(=O)OC(C)(C)C)N5C(=O)OCc5ccccc5)cc4)c(=O)nc3[nH]2)c1)NC(=O)OCc1ccccc1. The highest BCUT2D eigenvalue weighted by Crippen LogP contribution is 2.37. The summed E-state index contributed by atoms with van der Waals surface area (Å²) in [5, 5.41) is 6.23. The molecule has 1 unspecified atom stereocenters. The molecule has 3 N–H and O–H groups in total. The van der Waals surface area contributed by atoms with E-state index in [1.54, 1.807) is 50.1 Å². The molecule has 7 rings (SSSR count). The van der Waals surface area contributed by atoms with Gasteiger partial charge in [-0.3, -0.25) is 9.47 Å². The molecule has 15 heteroatoms. The topological polar surface area (TPSA) is 157 Å². The Hall–Kier alpha value is -6.67. The van der Waals surface area contributed by atoms with Crippen molar-refractivity contribution < 1.29 is 33.0 Å². The van der Waals surface area contributed by atoms with Gasteiger partial charge >= 0.3 is 24.0 Å². The fourth-order valence-corrected chi connectivity index (χ4v) is 8.47. The molecule has 346 valence electrons. The Morgan fingerprint density at radius 1 is 0.894 bits per heavy atom. The minimum Gasteiger partial charge on any atom is -0.445 e. The number of aromatic amines is 1. The number of amides is 3. The highest BCUT2D eigenvalue weighted by atomic mass is 35.5. The molecule has 3 atom stereocenters. The second-order valence-corrected chi connectivity index (χ2v) is 18.1. The lowest BCUT2D eigenvalue weighted by Crippen LogP contribution is -2.47. The Morgan fingerprint density at radius 2 is 1.58 bits per heavy atom. The third-order valence-electron chi connectivity index (χ3n) is 11.4. The van der Waals surface area contributed by atoms with Crippen molar-refractivity contribution in [3.8, 4) is 16.9 Å². The molecule has 0 saturated carbocycles. The number of hydrogen-bond acceptors (Lipinski definition) is 8. The van der Waals surface area contributed by atoms with E-state index in [-0.39, 0.29) is 41.9 Å². The average Bonchev–Trinajstić information content (AvgIpc) is 3.71. The molecule has 66 heavy (non-hydrogen) atoms. The molecule has 13 nitrogen and oxygen atoms in total. The summed E-state index contributed by atoms with van der Waals surface area (Å²) in [6.07, 6.45) is 4.90. The van der Waals surface area contributed by atoms with E-state index in [2.05, 4.69) is 20.6 Å². The highest BCUT2D eigenvalue weighted by Gasteiger charge is 2.36. The number of alkyl carbamates (subject to hydrolysis) is 2. The molecule has 0 spiro atoms. The number of ether oxygens (including phenoxy) is 3. The van der Waals surface area contributed by atoms with Crippen LogP contribution in [-0.4, -0.2) is 61.9 Å². The highest BCUT2D eigenvalue weighted by molar-refractivity contribution is 6.31. The van der Waals surface area contributed by atoms with Crippen LogP contribution in [0.2, 0.25) is 5.02 Å². The first-order valence-corrected chi connectivity index (χ1v) is 22.7. The maximum atomic E-state index is 15.6. The van der Waals surface area contributed by atoms with Gasteiger partial charge in [0.1, 0.15) is 24.5 Å². The first-order valence-electron chi connectivity index (χ1n) is 22.3. The average molecular weight is 919 g/mol. The van der Waals surface area contributed by atoms with Crippen LogP contribution < -0.4 is 16.3 Å². The maximum Gasteiger partial charge on any atom is 0.410 e. The van der Waals surface area contributed by atoms with Crippen LogP contribution in [0.25, 0.3) is 28.0 Å². The second-order valence-electron chi connectivity index (χ2n) is 17.7. The summed E-state index contributed by atoms with van der Waals surface area (Å²) in [4.78, 5) is 61.3. The Labute approximate surface area is 388 Å². The zero-order chi connectivity index (χ0) is 46.8. The minimum absolute atomic E-state index is 0.0331. The van der Waals surface area contributed by atoms with Crippen molar-refractivity contribution in [2.45, 2.75) is 110 Å². The number of carbonyl (C=O) groups excluding carboxylic acids is 3. The van der Waals surface area contributed by atoms with Crippen molar-refractivity contribution in [2.24, 2.45) is 0 Å². The molecule has 6 aromatic rings. The first-order chi connectivity index (χ1) is 31.7. The number of fused-ring (bicyclic) bond motifs is 1. The van der Waals surface area contributed by atoms with Gasteiger partial charge in [-0.2, -0.15) is 4.98 Å². The number of aromatic nitrogens is 3. The van der Waals surface area contributed by atoms with Crippen LogP contribution in [-0.2, 0) is 33.8 Å². The number of halogens is 2. The number of rotatable bonds is 15. The number of hydrogen-bond donors (Lipinski definition) is 3. The van der Waals surface area contributed by atoms with Gasteiger partial charge in [-0.15, -0.1) is 0 Å². The molecule has 1 saturated heterocycles. The predicted molar refractivity (Wildman–Crippen MR) is 252 cm³/mol. The van der Waals surface area contributed by atoms with Gasteiger partial charge in [0.25, 0.3) is 0 Å². The first kappa shape index (κ1) is 47.3. The van der Waals surface area contributed by atoms with Gasteiger partial charge in [-0.05, 0) is 125 Å². The second kappa shape index (κ2) is 21.5. The molecule has 0 radical (unpaired) electrons. The zero-order valence-corrected chi connectivity index (χ0v) is 38.4. The summed E-state index contributed by atoms with van der Waals surface area (Å²) in [5.74, 6) is -0.601. The number of piperidine rings is 1. The van der Waals surface area contributed by atoms with Crippen molar-refractivity contribution in [2.75, 3.05) is 6.54 Å². The van der Waals surface area contributed by atoms with Crippen molar-refractivity contribution in [3.63, 3.8) is 0 Å². The zero-order valence-electron chi connectivity index (χ0n) is 37.7. The largest absolute Gasteiger partial charge is 0.445 e. The quantitative estimate of drug-likeness (QED) is 0.0860. The van der Waals surface area contributed by atoms with Crippen LogP contribution in [0.15, 0.2) is 114 Å². The number of nitrogens with zero attached hydrogens (tertiary/aromatic N) is 3. The van der Waals surface area contributed by atoms with E-state index < -0.39 is 35.4 Å². The summed E-state index contributed by atoms with van der Waals surface area (Å²) >= 11 is 6.41. The number of carbonyl (C=O) groups is 3. The molecule has 0 bridgehead atoms. The lowest BCUT2D eigenvalue weighted by Gasteiger charge is -2.42. The van der Waals surface area contributed by atoms with E-state index in [4.69, 9.17) is 25.8 Å². The number of nitrogens with one attached hydrogen (secondary N) is 3. The van der Waals surface area contributed by atoms with Gasteiger partial charge in [-0.1, -0.05) is 84.4 Å². The van der Waals surface area contributed by atoms with Crippen LogP contribution in [0.3, 0.4) is 0 Å². The van der Waals surface area contributed by atoms with Gasteiger partial charge in [0.05, 0.1) is 22.4 Å². The van der Waals surface area contributed by atoms with E-state index in [1.165, 1.54) is 4.57 Å². The third kappa shape index (κ3) is 12.6. The van der Waals surface area contributed by atoms with E-state index in [0.29, 0.717) is 61.1 Å². The van der Waals surface area contributed by atoms with Crippen LogP contribution in [0.4, 0.5) is 18.8 Å². The molecule has 3 amide bonds. The van der Waals surface area contributed by atoms with E-state index in [0.717, 1.165) is 35.1 Å². The Bertz CT molecular complexity index is 2670. The normalized spacial score (nSPS) is 15.5. The summed E-state index contributed by atoms with van der Waals surface area (Å²) in [6, 6.07) is 30.7. The van der Waals surface area contributed by atoms with Crippen molar-refractivity contribution in [1.29, 1.82) is 0 Å². The van der Waals surface area contributed by atoms with E-state index in [9.17, 15) is 19.2 Å². The number of likely N-dealkylation sites (tertiary alicyclic amines) is 1. The fourth-order valence-electron chi connectivity index (χ4n) is 8.23. The summed E-state index contributed by atoms with van der Waals surface area (Å²) in [5.41, 5.74) is 3.77. The summed E-state index contributed by atoms with van der Waals surface area (Å²) < 4.78 is 33.7. The van der Waals surface area contributed by atoms with E-state index >= 15 is 4.39 Å². The Kier molecular flexibility index (Phi) is 15.4. The van der Waals surface area contributed by atoms with Gasteiger partial charge in [0, 0.05) is 35.8 Å². The maximum absolute atomic E-state index is 15.6. The van der Waals surface area contributed by atoms with Gasteiger partial charge in [0.15, 0.2) is 5.82 Å². The lowest BCUT2D eigenvalue weighted by molar-refractivity contribution is 0.0369. The van der Waals surface area contributed by atoms with Crippen LogP contribution in [0, 0.1) is 5.82 Å². The van der Waals surface area contributed by atoms with Crippen molar-refractivity contribution in [1.82, 2.24) is 30.1 Å². The molecule has 2 aromatic heterocycles. The summed E-state index contributed by atoms with van der Waals surface area (Å²) in [6.45, 7) is 7.92. The molecular formula is C51H56ClFN6O7. The smallest absolute Gasteiger partial charge is 0.410 e. The molecule has 3 heterocycles. The number of aryl methyl sites for hydroxylation is 1. The van der Waals surface area contributed by atoms with Crippen LogP contribution >= 0.6 is 11.6 Å². The monoisotopic (exact) mass is 918 g/mol. The lowest BCUT2D eigenvalue weighted by atomic mass is 9.89.